The molecule has 0 aromatic rings. The molecule has 0 fully saturated rings. The largest absolute Gasteiger partial charge is 0.393 e. The van der Waals surface area contributed by atoms with Crippen molar-refractivity contribution in [2.24, 2.45) is 11.5 Å². The van der Waals surface area contributed by atoms with Crippen molar-refractivity contribution in [3.63, 3.8) is 0 Å². The molecule has 0 aromatic heterocycles. The van der Waals surface area contributed by atoms with Gasteiger partial charge in [-0.15, -0.1) is 0 Å². The van der Waals surface area contributed by atoms with Crippen LogP contribution in [-0.4, -0.2) is 10.9 Å². The lowest BCUT2D eigenvalue weighted by molar-refractivity contribution is -0.118. The van der Waals surface area contributed by atoms with Gasteiger partial charge in [-0.2, -0.15) is 0 Å². The zero-order valence-electron chi connectivity index (χ0n) is 5.09. The van der Waals surface area contributed by atoms with Crippen molar-refractivity contribution in [1.29, 1.82) is 0 Å². The van der Waals surface area contributed by atoms with E-state index in [0.717, 1.165) is 0 Å². The average molecular weight is 146 g/mol. The van der Waals surface area contributed by atoms with Gasteiger partial charge in [-0.3, -0.25) is 4.79 Å². The van der Waals surface area contributed by atoms with Gasteiger partial charge in [0.05, 0.1) is 4.99 Å². The SMILES string of the molecule is NC(=O)CCCC(N)=S. The van der Waals surface area contributed by atoms with Crippen molar-refractivity contribution in [3.05, 3.63) is 0 Å². The zero-order valence-corrected chi connectivity index (χ0v) is 5.91. The van der Waals surface area contributed by atoms with E-state index in [1.54, 1.807) is 0 Å². The lowest BCUT2D eigenvalue weighted by atomic mass is 10.2. The fourth-order valence-corrected chi connectivity index (χ4v) is 0.581. The molecule has 4 N–H and O–H groups in total. The van der Waals surface area contributed by atoms with Gasteiger partial charge in [-0.25, -0.2) is 0 Å². The number of hydrogen-bond acceptors (Lipinski definition) is 2. The first-order valence-electron chi connectivity index (χ1n) is 2.69. The van der Waals surface area contributed by atoms with Crippen molar-refractivity contribution in [1.82, 2.24) is 0 Å². The Balaban J connectivity index is 3.10. The Morgan fingerprint density at radius 3 is 2.22 bits per heavy atom. The minimum atomic E-state index is -0.300. The van der Waals surface area contributed by atoms with Gasteiger partial charge in [0, 0.05) is 6.42 Å². The molecule has 0 rings (SSSR count). The van der Waals surface area contributed by atoms with E-state index in [1.807, 2.05) is 0 Å². The van der Waals surface area contributed by atoms with Crippen LogP contribution in [0.15, 0.2) is 0 Å². The predicted octanol–water partition coefficient (Wildman–Crippen LogP) is -0.0719. The summed E-state index contributed by atoms with van der Waals surface area (Å²) < 4.78 is 0. The van der Waals surface area contributed by atoms with E-state index in [0.29, 0.717) is 24.3 Å². The highest BCUT2D eigenvalue weighted by molar-refractivity contribution is 7.80. The van der Waals surface area contributed by atoms with Gasteiger partial charge in [0.25, 0.3) is 0 Å². The van der Waals surface area contributed by atoms with Crippen LogP contribution < -0.4 is 11.5 Å². The first-order valence-corrected chi connectivity index (χ1v) is 3.10. The topological polar surface area (TPSA) is 69.1 Å². The van der Waals surface area contributed by atoms with E-state index in [9.17, 15) is 4.79 Å². The normalized spacial score (nSPS) is 8.89. The highest BCUT2D eigenvalue weighted by Gasteiger charge is 1.94. The summed E-state index contributed by atoms with van der Waals surface area (Å²) in [6, 6.07) is 0. The van der Waals surface area contributed by atoms with Crippen LogP contribution in [0.2, 0.25) is 0 Å². The molecule has 0 aliphatic heterocycles. The molecule has 0 heterocycles. The third-order valence-electron chi connectivity index (χ3n) is 0.846. The van der Waals surface area contributed by atoms with Crippen LogP contribution in [0, 0.1) is 0 Å². The van der Waals surface area contributed by atoms with Crippen molar-refractivity contribution in [3.8, 4) is 0 Å². The van der Waals surface area contributed by atoms with Crippen LogP contribution in [0.25, 0.3) is 0 Å². The fourth-order valence-electron chi connectivity index (χ4n) is 0.437. The molecule has 0 aliphatic rings. The molecule has 0 aliphatic carbocycles. The average Bonchev–Trinajstić information content (AvgIpc) is 1.63. The van der Waals surface area contributed by atoms with Crippen molar-refractivity contribution in [2.75, 3.05) is 0 Å². The Bertz CT molecular complexity index is 110. The first-order chi connectivity index (χ1) is 4.13. The monoisotopic (exact) mass is 146 g/mol. The lowest BCUT2D eigenvalue weighted by Crippen LogP contribution is -2.12. The smallest absolute Gasteiger partial charge is 0.217 e. The van der Waals surface area contributed by atoms with Crippen LogP contribution in [0.1, 0.15) is 19.3 Å². The van der Waals surface area contributed by atoms with Crippen molar-refractivity contribution in [2.45, 2.75) is 19.3 Å². The molecule has 0 saturated carbocycles. The zero-order chi connectivity index (χ0) is 7.28. The van der Waals surface area contributed by atoms with Gasteiger partial charge in [0.1, 0.15) is 0 Å². The fraction of sp³-hybridized carbons (Fsp3) is 0.600. The van der Waals surface area contributed by atoms with Crippen LogP contribution in [0.3, 0.4) is 0 Å². The molecule has 1 amide bonds. The van der Waals surface area contributed by atoms with E-state index in [-0.39, 0.29) is 5.91 Å². The van der Waals surface area contributed by atoms with Gasteiger partial charge in [-0.1, -0.05) is 12.2 Å². The summed E-state index contributed by atoms with van der Waals surface area (Å²) in [4.78, 5) is 10.6. The standard InChI is InChI=1S/C5H10N2OS/c6-4(8)2-1-3-5(7)9/h1-3H2,(H2,6,8)(H2,7,9). The quantitative estimate of drug-likeness (QED) is 0.545. The lowest BCUT2D eigenvalue weighted by Gasteiger charge is -1.93. The number of thiocarbonyl (C=S) groups is 1. The first kappa shape index (κ1) is 8.36. The molecule has 0 atom stereocenters. The number of amides is 1. The minimum Gasteiger partial charge on any atom is -0.393 e. The number of carbonyl (C=O) groups is 1. The molecule has 0 bridgehead atoms. The molecule has 0 unspecified atom stereocenters. The van der Waals surface area contributed by atoms with Crippen LogP contribution in [-0.2, 0) is 4.79 Å². The number of nitrogens with two attached hydrogens (primary N) is 2. The highest BCUT2D eigenvalue weighted by atomic mass is 32.1. The summed E-state index contributed by atoms with van der Waals surface area (Å²) >= 11 is 4.57. The van der Waals surface area contributed by atoms with Gasteiger partial charge in [0.2, 0.25) is 5.91 Å². The van der Waals surface area contributed by atoms with Gasteiger partial charge >= 0.3 is 0 Å². The van der Waals surface area contributed by atoms with E-state index >= 15 is 0 Å². The molecule has 0 aromatic carbocycles. The Morgan fingerprint density at radius 1 is 1.33 bits per heavy atom. The molecule has 4 heteroatoms. The molecular formula is C5H10N2OS. The number of primary amides is 1. The van der Waals surface area contributed by atoms with Crippen molar-refractivity contribution >= 4 is 23.1 Å². The number of carbonyl (C=O) groups excluding carboxylic acids is 1. The maximum Gasteiger partial charge on any atom is 0.217 e. The van der Waals surface area contributed by atoms with Gasteiger partial charge < -0.3 is 11.5 Å². The maximum atomic E-state index is 10.1. The summed E-state index contributed by atoms with van der Waals surface area (Å²) in [6.45, 7) is 0. The molecule has 0 saturated heterocycles. The molecule has 0 radical (unpaired) electrons. The van der Waals surface area contributed by atoms with Crippen molar-refractivity contribution < 1.29 is 4.79 Å². The molecule has 0 spiro atoms. The molecule has 9 heavy (non-hydrogen) atoms. The Hall–Kier alpha value is -0.640. The van der Waals surface area contributed by atoms with Gasteiger partial charge in [0.15, 0.2) is 0 Å². The summed E-state index contributed by atoms with van der Waals surface area (Å²) in [6.07, 6.45) is 1.65. The molecule has 52 valence electrons. The summed E-state index contributed by atoms with van der Waals surface area (Å²) in [5.74, 6) is -0.300. The van der Waals surface area contributed by atoms with E-state index in [4.69, 9.17) is 11.5 Å². The molecular weight excluding hydrogens is 136 g/mol. The Labute approximate surface area is 59.4 Å². The number of rotatable bonds is 4. The van der Waals surface area contributed by atoms with Gasteiger partial charge in [-0.05, 0) is 12.8 Å². The Kier molecular flexibility index (Phi) is 3.96. The summed E-state index contributed by atoms with van der Waals surface area (Å²) in [7, 11) is 0. The van der Waals surface area contributed by atoms with E-state index < -0.39 is 0 Å². The second-order valence-corrected chi connectivity index (χ2v) is 2.31. The minimum absolute atomic E-state index is 0.300. The van der Waals surface area contributed by atoms with Crippen LogP contribution in [0.5, 0.6) is 0 Å². The predicted molar refractivity (Wildman–Crippen MR) is 39.8 cm³/mol. The summed E-state index contributed by atoms with van der Waals surface area (Å²) in [5, 5.41) is 0. The third-order valence-corrected chi connectivity index (χ3v) is 1.05. The second kappa shape index (κ2) is 4.26. The Morgan fingerprint density at radius 2 is 1.89 bits per heavy atom. The maximum absolute atomic E-state index is 10.1. The highest BCUT2D eigenvalue weighted by Crippen LogP contribution is 1.92. The van der Waals surface area contributed by atoms with Crippen LogP contribution in [0.4, 0.5) is 0 Å². The second-order valence-electron chi connectivity index (χ2n) is 1.79. The van der Waals surface area contributed by atoms with E-state index in [1.165, 1.54) is 0 Å². The molecule has 3 nitrogen and oxygen atoms in total. The number of hydrogen-bond donors (Lipinski definition) is 2. The third kappa shape index (κ3) is 7.36. The van der Waals surface area contributed by atoms with E-state index in [2.05, 4.69) is 12.2 Å². The summed E-state index contributed by atoms with van der Waals surface area (Å²) in [5.41, 5.74) is 10.0. The van der Waals surface area contributed by atoms with Crippen LogP contribution >= 0.6 is 12.2 Å².